The van der Waals surface area contributed by atoms with Crippen molar-refractivity contribution in [3.8, 4) is 12.1 Å². The third kappa shape index (κ3) is 12.9. The third-order valence-corrected chi connectivity index (χ3v) is 6.39. The average Bonchev–Trinajstić information content (AvgIpc) is 2.69. The van der Waals surface area contributed by atoms with E-state index in [2.05, 4.69) is 12.1 Å². The zero-order chi connectivity index (χ0) is 19.5. The number of rotatable bonds is 0. The molecule has 0 atom stereocenters. The van der Waals surface area contributed by atoms with E-state index in [9.17, 15) is 10.5 Å². The molecule has 1 fully saturated rings. The molecular weight excluding hydrogens is 328 g/mol. The lowest BCUT2D eigenvalue weighted by atomic mass is 9.80. The average molecular weight is 373 g/mol. The topological polar surface area (TPSA) is 47.6 Å². The lowest BCUT2D eigenvalue weighted by molar-refractivity contribution is 0.390. The van der Waals surface area contributed by atoms with Gasteiger partial charge in [-0.1, -0.05) is 128 Å². The van der Waals surface area contributed by atoms with Crippen molar-refractivity contribution in [2.75, 3.05) is 0 Å². The normalized spacial score (nSPS) is 23.5. The van der Waals surface area contributed by atoms with Gasteiger partial charge in [0.25, 0.3) is 0 Å². The molecule has 0 saturated heterocycles. The SMILES string of the molecule is N#CC1(C#N)CCCCCCCCCCCCCCCCCCCCCC1. The molecule has 0 aromatic rings. The molecule has 0 N–H and O–H groups in total. The van der Waals surface area contributed by atoms with E-state index >= 15 is 0 Å². The molecule has 154 valence electrons. The van der Waals surface area contributed by atoms with E-state index in [1.54, 1.807) is 0 Å². The highest BCUT2D eigenvalue weighted by molar-refractivity contribution is 5.13. The monoisotopic (exact) mass is 372 g/mol. The maximum absolute atomic E-state index is 9.56. The van der Waals surface area contributed by atoms with Crippen molar-refractivity contribution in [2.45, 2.75) is 141 Å². The van der Waals surface area contributed by atoms with Crippen LogP contribution in [0.25, 0.3) is 0 Å². The predicted octanol–water partition coefficient (Wildman–Crippen LogP) is 8.62. The van der Waals surface area contributed by atoms with Crippen molar-refractivity contribution < 1.29 is 0 Å². The first-order valence-electron chi connectivity index (χ1n) is 12.2. The molecule has 0 aromatic carbocycles. The van der Waals surface area contributed by atoms with E-state index in [1.165, 1.54) is 116 Å². The first-order chi connectivity index (χ1) is 13.3. The zero-order valence-corrected chi connectivity index (χ0v) is 18.0. The van der Waals surface area contributed by atoms with Crippen LogP contribution in [0.5, 0.6) is 0 Å². The summed E-state index contributed by atoms with van der Waals surface area (Å²) in [5, 5.41) is 19.1. The Hall–Kier alpha value is -1.02. The summed E-state index contributed by atoms with van der Waals surface area (Å²) in [4.78, 5) is 0. The Labute approximate surface area is 169 Å². The Bertz CT molecular complexity index is 375. The van der Waals surface area contributed by atoms with Crippen molar-refractivity contribution in [3.63, 3.8) is 0 Å². The molecule has 0 spiro atoms. The lowest BCUT2D eigenvalue weighted by Gasteiger charge is -2.18. The summed E-state index contributed by atoms with van der Waals surface area (Å²) >= 11 is 0. The molecule has 0 heterocycles. The first kappa shape index (κ1) is 24.0. The predicted molar refractivity (Wildman–Crippen MR) is 115 cm³/mol. The Morgan fingerprint density at radius 2 is 0.519 bits per heavy atom. The number of nitrogens with zero attached hydrogens (tertiary/aromatic N) is 2. The number of hydrogen-bond donors (Lipinski definition) is 0. The largest absolute Gasteiger partial charge is 0.197 e. The van der Waals surface area contributed by atoms with E-state index in [4.69, 9.17) is 0 Å². The van der Waals surface area contributed by atoms with Crippen LogP contribution in [-0.4, -0.2) is 0 Å². The van der Waals surface area contributed by atoms with Gasteiger partial charge in [-0.25, -0.2) is 0 Å². The fourth-order valence-electron chi connectivity index (χ4n) is 4.41. The molecule has 1 rings (SSSR count). The zero-order valence-electron chi connectivity index (χ0n) is 18.0. The molecule has 1 saturated carbocycles. The second kappa shape index (κ2) is 17.1. The molecule has 0 bridgehead atoms. The maximum atomic E-state index is 9.56. The maximum Gasteiger partial charge on any atom is 0.143 e. The van der Waals surface area contributed by atoms with Crippen LogP contribution in [-0.2, 0) is 0 Å². The van der Waals surface area contributed by atoms with Crippen LogP contribution in [0, 0.1) is 28.1 Å². The van der Waals surface area contributed by atoms with Crippen LogP contribution < -0.4 is 0 Å². The van der Waals surface area contributed by atoms with Crippen molar-refractivity contribution in [1.82, 2.24) is 0 Å². The summed E-state index contributed by atoms with van der Waals surface area (Å²) in [5.41, 5.74) is -0.713. The van der Waals surface area contributed by atoms with E-state index in [-0.39, 0.29) is 0 Å². The van der Waals surface area contributed by atoms with Gasteiger partial charge in [-0.05, 0) is 12.8 Å². The van der Waals surface area contributed by atoms with Gasteiger partial charge in [0.05, 0.1) is 12.1 Å². The minimum Gasteiger partial charge on any atom is -0.197 e. The van der Waals surface area contributed by atoms with Crippen molar-refractivity contribution in [1.29, 1.82) is 10.5 Å². The summed E-state index contributed by atoms with van der Waals surface area (Å²) in [6.45, 7) is 0. The molecule has 0 amide bonds. The lowest BCUT2D eigenvalue weighted by Crippen LogP contribution is -2.16. The highest BCUT2D eigenvalue weighted by Crippen LogP contribution is 2.30. The van der Waals surface area contributed by atoms with Crippen LogP contribution >= 0.6 is 0 Å². The van der Waals surface area contributed by atoms with E-state index in [0.29, 0.717) is 0 Å². The van der Waals surface area contributed by atoms with Crippen LogP contribution in [0.1, 0.15) is 141 Å². The molecule has 0 aliphatic heterocycles. The van der Waals surface area contributed by atoms with Crippen molar-refractivity contribution in [2.24, 2.45) is 5.41 Å². The van der Waals surface area contributed by atoms with E-state index < -0.39 is 5.41 Å². The Morgan fingerprint density at radius 3 is 0.704 bits per heavy atom. The van der Waals surface area contributed by atoms with Crippen LogP contribution in [0.3, 0.4) is 0 Å². The second-order valence-corrected chi connectivity index (χ2v) is 8.88. The summed E-state index contributed by atoms with van der Waals surface area (Å²) in [7, 11) is 0. The molecule has 1 aliphatic rings. The summed E-state index contributed by atoms with van der Waals surface area (Å²) in [6.07, 6.45) is 28.1. The first-order valence-corrected chi connectivity index (χ1v) is 12.2. The molecule has 2 nitrogen and oxygen atoms in total. The highest BCUT2D eigenvalue weighted by atomic mass is 14.4. The summed E-state index contributed by atoms with van der Waals surface area (Å²) < 4.78 is 0. The van der Waals surface area contributed by atoms with Crippen molar-refractivity contribution in [3.05, 3.63) is 0 Å². The fraction of sp³-hybridized carbons (Fsp3) is 0.920. The van der Waals surface area contributed by atoms with Gasteiger partial charge in [0.15, 0.2) is 0 Å². The molecule has 0 radical (unpaired) electrons. The number of hydrogen-bond acceptors (Lipinski definition) is 2. The van der Waals surface area contributed by atoms with Crippen LogP contribution in [0.15, 0.2) is 0 Å². The smallest absolute Gasteiger partial charge is 0.143 e. The molecular formula is C25H44N2. The van der Waals surface area contributed by atoms with Gasteiger partial charge >= 0.3 is 0 Å². The minimum absolute atomic E-state index is 0.713. The Morgan fingerprint density at radius 1 is 0.333 bits per heavy atom. The van der Waals surface area contributed by atoms with Gasteiger partial charge in [0.1, 0.15) is 5.41 Å². The molecule has 0 aromatic heterocycles. The Kier molecular flexibility index (Phi) is 15.2. The van der Waals surface area contributed by atoms with Crippen molar-refractivity contribution >= 4 is 0 Å². The number of nitriles is 2. The van der Waals surface area contributed by atoms with Gasteiger partial charge in [-0.3, -0.25) is 0 Å². The van der Waals surface area contributed by atoms with E-state index in [0.717, 1.165) is 25.7 Å². The molecule has 27 heavy (non-hydrogen) atoms. The third-order valence-electron chi connectivity index (χ3n) is 6.39. The Balaban J connectivity index is 2.31. The fourth-order valence-corrected chi connectivity index (χ4v) is 4.41. The van der Waals surface area contributed by atoms with Crippen LogP contribution in [0.4, 0.5) is 0 Å². The summed E-state index contributed by atoms with van der Waals surface area (Å²) in [5.74, 6) is 0. The second-order valence-electron chi connectivity index (χ2n) is 8.88. The van der Waals surface area contributed by atoms with Gasteiger partial charge in [-0.15, -0.1) is 0 Å². The van der Waals surface area contributed by atoms with Crippen LogP contribution in [0.2, 0.25) is 0 Å². The van der Waals surface area contributed by atoms with Gasteiger partial charge < -0.3 is 0 Å². The van der Waals surface area contributed by atoms with E-state index in [1.807, 2.05) is 0 Å². The molecule has 0 unspecified atom stereocenters. The quantitative estimate of drug-likeness (QED) is 0.427. The minimum atomic E-state index is -0.713. The van der Waals surface area contributed by atoms with Gasteiger partial charge in [0.2, 0.25) is 0 Å². The summed E-state index contributed by atoms with van der Waals surface area (Å²) in [6, 6.07) is 4.72. The highest BCUT2D eigenvalue weighted by Gasteiger charge is 2.28. The standard InChI is InChI=1S/C25H44N2/c26-23-25(24-27)21-19-17-15-13-11-9-7-5-3-1-2-4-6-8-10-12-14-16-18-20-22-25/h1-22H2. The molecule has 1 aliphatic carbocycles. The van der Waals surface area contributed by atoms with Gasteiger partial charge in [0, 0.05) is 0 Å². The molecule has 2 heteroatoms. The van der Waals surface area contributed by atoms with Gasteiger partial charge in [-0.2, -0.15) is 10.5 Å².